The van der Waals surface area contributed by atoms with Gasteiger partial charge in [-0.15, -0.1) is 0 Å². The number of hydrogen-bond acceptors (Lipinski definition) is 2. The fraction of sp³-hybridized carbons (Fsp3) is 0.273. The first-order valence-corrected chi connectivity index (χ1v) is 4.39. The number of nitrogens with zero attached hydrogens (tertiary/aromatic N) is 1. The first-order valence-electron chi connectivity index (χ1n) is 4.39. The van der Waals surface area contributed by atoms with Crippen LogP contribution in [0.1, 0.15) is 30.8 Å². The van der Waals surface area contributed by atoms with Gasteiger partial charge in [-0.1, -0.05) is 19.1 Å². The number of hydrogen-bond donors (Lipinski definition) is 0. The van der Waals surface area contributed by atoms with E-state index in [1.165, 1.54) is 0 Å². The summed E-state index contributed by atoms with van der Waals surface area (Å²) in [6.45, 7) is 4.03. The van der Waals surface area contributed by atoms with E-state index in [4.69, 9.17) is 0 Å². The van der Waals surface area contributed by atoms with Crippen molar-refractivity contribution in [3.05, 3.63) is 28.4 Å². The lowest BCUT2D eigenvalue weighted by atomic mass is 10.2. The Bertz CT molecular complexity index is 407. The molecule has 0 bridgehead atoms. The van der Waals surface area contributed by atoms with Gasteiger partial charge in [0.15, 0.2) is 6.29 Å². The minimum atomic E-state index is 0.491. The molecule has 0 aliphatic heterocycles. The zero-order valence-corrected chi connectivity index (χ0v) is 7.95. The largest absolute Gasteiger partial charge is 0.296 e. The summed E-state index contributed by atoms with van der Waals surface area (Å²) in [5, 5.41) is 2.16. The van der Waals surface area contributed by atoms with Crippen LogP contribution in [0.15, 0.2) is 12.3 Å². The van der Waals surface area contributed by atoms with Crippen molar-refractivity contribution in [3.63, 3.8) is 0 Å². The maximum Gasteiger partial charge on any atom is 0.168 e. The van der Waals surface area contributed by atoms with Crippen molar-refractivity contribution in [3.8, 4) is 0 Å². The number of aromatic nitrogens is 1. The maximum absolute atomic E-state index is 10.5. The number of carbonyl (C=O) groups is 1. The van der Waals surface area contributed by atoms with Crippen LogP contribution in [-0.4, -0.2) is 11.3 Å². The van der Waals surface area contributed by atoms with Crippen LogP contribution in [0.5, 0.6) is 0 Å². The molecule has 0 fully saturated rings. The average Bonchev–Trinajstić information content (AvgIpc) is 2.18. The van der Waals surface area contributed by atoms with E-state index in [1.54, 1.807) is 6.20 Å². The molecule has 0 unspecified atom stereocenters. The van der Waals surface area contributed by atoms with E-state index in [1.807, 2.05) is 19.1 Å². The van der Waals surface area contributed by atoms with Crippen molar-refractivity contribution in [2.45, 2.75) is 20.3 Å². The van der Waals surface area contributed by atoms with Crippen molar-refractivity contribution in [2.24, 2.45) is 0 Å². The van der Waals surface area contributed by atoms with Gasteiger partial charge in [0.1, 0.15) is 5.69 Å². The molecular weight excluding hydrogens is 162 g/mol. The zero-order valence-electron chi connectivity index (χ0n) is 7.95. The number of pyridine rings is 1. The molecule has 0 aromatic carbocycles. The number of carbonyl (C=O) groups excluding carboxylic acids is 1. The van der Waals surface area contributed by atoms with E-state index < -0.39 is 0 Å². The van der Waals surface area contributed by atoms with Gasteiger partial charge in [-0.05, 0) is 29.8 Å². The van der Waals surface area contributed by atoms with Gasteiger partial charge in [-0.25, -0.2) is 0 Å². The highest BCUT2D eigenvalue weighted by atomic mass is 16.1. The molecule has 0 N–H and O–H groups in total. The Morgan fingerprint density at radius 3 is 2.77 bits per heavy atom. The zero-order chi connectivity index (χ0) is 9.68. The summed E-state index contributed by atoms with van der Waals surface area (Å²) in [4.78, 5) is 14.5. The van der Waals surface area contributed by atoms with E-state index in [0.29, 0.717) is 5.69 Å². The van der Waals surface area contributed by atoms with Gasteiger partial charge in [0.2, 0.25) is 0 Å². The Labute approximate surface area is 77.6 Å². The van der Waals surface area contributed by atoms with Crippen LogP contribution >= 0.6 is 0 Å². The molecule has 0 saturated heterocycles. The third kappa shape index (κ3) is 2.25. The van der Waals surface area contributed by atoms with Crippen LogP contribution < -0.4 is 10.4 Å². The summed E-state index contributed by atoms with van der Waals surface area (Å²) in [5.74, 6) is 0. The smallest absolute Gasteiger partial charge is 0.168 e. The van der Waals surface area contributed by atoms with Gasteiger partial charge >= 0.3 is 0 Å². The second-order valence-corrected chi connectivity index (χ2v) is 2.76. The molecule has 68 valence electrons. The van der Waals surface area contributed by atoms with Crippen molar-refractivity contribution >= 4 is 18.4 Å². The lowest BCUT2D eigenvalue weighted by molar-refractivity contribution is 0.111. The molecule has 2 heteroatoms. The minimum Gasteiger partial charge on any atom is -0.296 e. The van der Waals surface area contributed by atoms with Crippen LogP contribution in [0.3, 0.4) is 0 Å². The second-order valence-electron chi connectivity index (χ2n) is 2.76. The van der Waals surface area contributed by atoms with E-state index >= 15 is 0 Å². The summed E-state index contributed by atoms with van der Waals surface area (Å²) >= 11 is 0. The van der Waals surface area contributed by atoms with Crippen LogP contribution in [0.25, 0.3) is 12.2 Å². The first-order chi connectivity index (χ1) is 6.31. The molecule has 1 aromatic heterocycles. The summed E-state index contributed by atoms with van der Waals surface area (Å²) in [6, 6.07) is 1.81. The lowest BCUT2D eigenvalue weighted by Crippen LogP contribution is -2.25. The Kier molecular flexibility index (Phi) is 3.38. The molecule has 13 heavy (non-hydrogen) atoms. The Morgan fingerprint density at radius 2 is 2.23 bits per heavy atom. The van der Waals surface area contributed by atoms with Gasteiger partial charge in [0, 0.05) is 6.20 Å². The summed E-state index contributed by atoms with van der Waals surface area (Å²) in [6.07, 6.45) is 7.54. The summed E-state index contributed by atoms with van der Waals surface area (Å²) < 4.78 is 0. The fourth-order valence-electron chi connectivity index (χ4n) is 1.20. The summed E-state index contributed by atoms with van der Waals surface area (Å²) in [7, 11) is 0. The highest BCUT2D eigenvalue weighted by Gasteiger charge is 1.90. The quantitative estimate of drug-likeness (QED) is 0.625. The van der Waals surface area contributed by atoms with E-state index in [-0.39, 0.29) is 0 Å². The predicted octanol–water partition coefficient (Wildman–Crippen LogP) is 0.885. The Hall–Kier alpha value is -1.44. The SMILES string of the molecule is CC=c1cnc(C=O)cc1=CCC. The summed E-state index contributed by atoms with van der Waals surface area (Å²) in [5.41, 5.74) is 0.491. The maximum atomic E-state index is 10.5. The predicted molar refractivity (Wildman–Crippen MR) is 53.8 cm³/mol. The standard InChI is InChI=1S/C11H13NO/c1-3-5-10-6-11(8-13)12-7-9(10)4-2/h4-8H,3H2,1-2H3. The molecule has 0 radical (unpaired) electrons. The van der Waals surface area contributed by atoms with Crippen LogP contribution in [0.4, 0.5) is 0 Å². The number of aldehydes is 1. The molecule has 0 aliphatic rings. The molecule has 1 aromatic rings. The van der Waals surface area contributed by atoms with Crippen molar-refractivity contribution in [1.82, 2.24) is 4.98 Å². The van der Waals surface area contributed by atoms with Gasteiger partial charge in [0.25, 0.3) is 0 Å². The molecule has 2 nitrogen and oxygen atoms in total. The highest BCUT2D eigenvalue weighted by Crippen LogP contribution is 1.81. The third-order valence-corrected chi connectivity index (χ3v) is 1.85. The minimum absolute atomic E-state index is 0.491. The lowest BCUT2D eigenvalue weighted by Gasteiger charge is -1.91. The normalized spacial score (nSPS) is 13.4. The van der Waals surface area contributed by atoms with Crippen molar-refractivity contribution in [2.75, 3.05) is 0 Å². The average molecular weight is 175 g/mol. The molecule has 1 rings (SSSR count). The van der Waals surface area contributed by atoms with Gasteiger partial charge < -0.3 is 0 Å². The molecule has 0 atom stereocenters. The Balaban J connectivity index is 3.44. The fourth-order valence-corrected chi connectivity index (χ4v) is 1.20. The number of rotatable bonds is 2. The van der Waals surface area contributed by atoms with E-state index in [9.17, 15) is 4.79 Å². The van der Waals surface area contributed by atoms with E-state index in [2.05, 4.69) is 18.0 Å². The molecular formula is C11H13NO. The van der Waals surface area contributed by atoms with Gasteiger partial charge in [0.05, 0.1) is 0 Å². The van der Waals surface area contributed by atoms with Crippen LogP contribution in [-0.2, 0) is 0 Å². The van der Waals surface area contributed by atoms with Crippen molar-refractivity contribution in [1.29, 1.82) is 0 Å². The first kappa shape index (κ1) is 9.65. The molecule has 0 aliphatic carbocycles. The monoisotopic (exact) mass is 175 g/mol. The van der Waals surface area contributed by atoms with Gasteiger partial charge in [-0.3, -0.25) is 9.78 Å². The topological polar surface area (TPSA) is 30.0 Å². The Morgan fingerprint density at radius 1 is 1.46 bits per heavy atom. The van der Waals surface area contributed by atoms with Crippen LogP contribution in [0, 0.1) is 0 Å². The van der Waals surface area contributed by atoms with E-state index in [0.717, 1.165) is 23.1 Å². The second kappa shape index (κ2) is 4.55. The molecule has 0 amide bonds. The highest BCUT2D eigenvalue weighted by molar-refractivity contribution is 5.71. The third-order valence-electron chi connectivity index (χ3n) is 1.85. The molecule has 1 heterocycles. The van der Waals surface area contributed by atoms with Gasteiger partial charge in [-0.2, -0.15) is 0 Å². The van der Waals surface area contributed by atoms with Crippen molar-refractivity contribution < 1.29 is 4.79 Å². The molecule has 0 saturated carbocycles. The molecule has 0 spiro atoms. The van der Waals surface area contributed by atoms with Crippen LogP contribution in [0.2, 0.25) is 0 Å².